The van der Waals surface area contributed by atoms with Gasteiger partial charge in [0, 0.05) is 24.2 Å². The minimum absolute atomic E-state index is 0.460. The summed E-state index contributed by atoms with van der Waals surface area (Å²) in [6, 6.07) is 8.44. The van der Waals surface area contributed by atoms with Crippen LogP contribution in [0.5, 0.6) is 11.5 Å². The van der Waals surface area contributed by atoms with Crippen LogP contribution in [0.15, 0.2) is 24.3 Å². The molecule has 1 saturated heterocycles. The number of nitrogens with zero attached hydrogens (tertiary/aromatic N) is 1. The molecule has 2 aliphatic heterocycles. The minimum Gasteiger partial charge on any atom is -0.486 e. The topological polar surface area (TPSA) is 71.2 Å². The Bertz CT molecular complexity index is 634. The molecule has 1 aromatic heterocycles. The van der Waals surface area contributed by atoms with E-state index in [0.29, 0.717) is 19.3 Å². The average Bonchev–Trinajstić information content (AvgIpc) is 3.19. The van der Waals surface area contributed by atoms with E-state index in [9.17, 15) is 0 Å². The number of rotatable bonds is 3. The zero-order chi connectivity index (χ0) is 14.1. The van der Waals surface area contributed by atoms with Crippen LogP contribution in [0.2, 0.25) is 0 Å². The fraction of sp³-hybridized carbons (Fsp3) is 0.400. The number of aromatic amines is 1. The molecule has 0 spiro atoms. The van der Waals surface area contributed by atoms with Crippen molar-refractivity contribution in [2.75, 3.05) is 31.6 Å². The summed E-state index contributed by atoms with van der Waals surface area (Å²) in [6.07, 6.45) is 1.13. The third-order valence-corrected chi connectivity index (χ3v) is 3.84. The van der Waals surface area contributed by atoms with Crippen LogP contribution in [0.1, 0.15) is 6.42 Å². The number of benzene rings is 1. The minimum atomic E-state index is 0.460. The number of anilines is 1. The molecule has 3 heterocycles. The summed E-state index contributed by atoms with van der Waals surface area (Å²) in [7, 11) is 0. The number of nitrogens with one attached hydrogen (secondary N) is 3. The first-order valence-corrected chi connectivity index (χ1v) is 7.31. The maximum Gasteiger partial charge on any atom is 0.162 e. The summed E-state index contributed by atoms with van der Waals surface area (Å²) in [6.45, 7) is 3.27. The summed E-state index contributed by atoms with van der Waals surface area (Å²) >= 11 is 0. The van der Waals surface area contributed by atoms with E-state index in [1.165, 1.54) is 0 Å². The van der Waals surface area contributed by atoms with Crippen LogP contribution in [0, 0.1) is 0 Å². The predicted molar refractivity (Wildman–Crippen MR) is 79.9 cm³/mol. The fourth-order valence-electron chi connectivity index (χ4n) is 2.74. The largest absolute Gasteiger partial charge is 0.486 e. The van der Waals surface area contributed by atoms with Crippen LogP contribution in [-0.4, -0.2) is 42.5 Å². The fourth-order valence-corrected chi connectivity index (χ4v) is 2.74. The highest BCUT2D eigenvalue weighted by Gasteiger charge is 2.16. The number of hydrogen-bond donors (Lipinski definition) is 3. The Morgan fingerprint density at radius 3 is 2.90 bits per heavy atom. The monoisotopic (exact) mass is 286 g/mol. The van der Waals surface area contributed by atoms with Crippen LogP contribution < -0.4 is 20.1 Å². The van der Waals surface area contributed by atoms with Crippen LogP contribution >= 0.6 is 0 Å². The van der Waals surface area contributed by atoms with E-state index in [1.54, 1.807) is 0 Å². The number of H-pyrrole nitrogens is 1. The van der Waals surface area contributed by atoms with Gasteiger partial charge in [-0.15, -0.1) is 0 Å². The van der Waals surface area contributed by atoms with E-state index in [4.69, 9.17) is 9.47 Å². The lowest BCUT2D eigenvalue weighted by molar-refractivity contribution is 0.171. The van der Waals surface area contributed by atoms with Crippen molar-refractivity contribution in [3.8, 4) is 22.8 Å². The van der Waals surface area contributed by atoms with Gasteiger partial charge in [0.2, 0.25) is 0 Å². The Morgan fingerprint density at radius 1 is 1.14 bits per heavy atom. The first-order valence-electron chi connectivity index (χ1n) is 7.31. The number of ether oxygens (including phenoxy) is 2. The van der Waals surface area contributed by atoms with Gasteiger partial charge < -0.3 is 20.1 Å². The van der Waals surface area contributed by atoms with Crippen molar-refractivity contribution in [2.24, 2.45) is 0 Å². The van der Waals surface area contributed by atoms with Gasteiger partial charge in [-0.05, 0) is 31.2 Å². The normalized spacial score (nSPS) is 20.5. The Labute approximate surface area is 122 Å². The summed E-state index contributed by atoms with van der Waals surface area (Å²) in [5.74, 6) is 2.48. The molecule has 0 radical (unpaired) electrons. The number of fused-ring (bicyclic) bond motifs is 1. The van der Waals surface area contributed by atoms with Crippen molar-refractivity contribution in [2.45, 2.75) is 12.5 Å². The van der Waals surface area contributed by atoms with Crippen LogP contribution in [0.4, 0.5) is 5.82 Å². The molecule has 110 valence electrons. The maximum atomic E-state index is 5.62. The summed E-state index contributed by atoms with van der Waals surface area (Å²) in [4.78, 5) is 0. The molecule has 0 saturated carbocycles. The second-order valence-electron chi connectivity index (χ2n) is 5.36. The van der Waals surface area contributed by atoms with Crippen molar-refractivity contribution in [3.05, 3.63) is 24.3 Å². The summed E-state index contributed by atoms with van der Waals surface area (Å²) in [5, 5.41) is 14.2. The highest BCUT2D eigenvalue weighted by Crippen LogP contribution is 2.34. The van der Waals surface area contributed by atoms with E-state index in [0.717, 1.165) is 48.1 Å². The van der Waals surface area contributed by atoms with E-state index < -0.39 is 0 Å². The van der Waals surface area contributed by atoms with Crippen LogP contribution in [0.3, 0.4) is 0 Å². The van der Waals surface area contributed by atoms with Gasteiger partial charge in [-0.2, -0.15) is 5.10 Å². The highest BCUT2D eigenvalue weighted by atomic mass is 16.6. The van der Waals surface area contributed by atoms with Crippen LogP contribution in [-0.2, 0) is 0 Å². The summed E-state index contributed by atoms with van der Waals surface area (Å²) < 4.78 is 11.2. The smallest absolute Gasteiger partial charge is 0.162 e. The van der Waals surface area contributed by atoms with E-state index >= 15 is 0 Å². The van der Waals surface area contributed by atoms with E-state index in [1.807, 2.05) is 24.3 Å². The molecular weight excluding hydrogens is 268 g/mol. The third kappa shape index (κ3) is 2.54. The molecule has 0 bridgehead atoms. The molecule has 1 fully saturated rings. The van der Waals surface area contributed by atoms with Crippen molar-refractivity contribution in [1.29, 1.82) is 0 Å². The molecule has 1 unspecified atom stereocenters. The summed E-state index contributed by atoms with van der Waals surface area (Å²) in [5.41, 5.74) is 2.02. The van der Waals surface area contributed by atoms with Crippen molar-refractivity contribution in [3.63, 3.8) is 0 Å². The molecular formula is C15H18N4O2. The lowest BCUT2D eigenvalue weighted by Crippen LogP contribution is -2.22. The average molecular weight is 286 g/mol. The van der Waals surface area contributed by atoms with Gasteiger partial charge in [0.15, 0.2) is 11.5 Å². The number of hydrogen-bond acceptors (Lipinski definition) is 5. The van der Waals surface area contributed by atoms with Gasteiger partial charge in [0.1, 0.15) is 19.0 Å². The van der Waals surface area contributed by atoms with Gasteiger partial charge in [0.25, 0.3) is 0 Å². The Hall–Kier alpha value is -2.21. The standard InChI is InChI=1S/C15H18N4O2/c1-2-13-14(21-6-5-20-13)7-10(1)12-8-15(19-18-12)17-11-3-4-16-9-11/h1-2,7-8,11,16H,3-6,9H2,(H2,17,18,19). The highest BCUT2D eigenvalue weighted by molar-refractivity contribution is 5.66. The lowest BCUT2D eigenvalue weighted by atomic mass is 10.1. The zero-order valence-corrected chi connectivity index (χ0v) is 11.7. The zero-order valence-electron chi connectivity index (χ0n) is 11.7. The quantitative estimate of drug-likeness (QED) is 0.800. The molecule has 0 amide bonds. The van der Waals surface area contributed by atoms with Gasteiger partial charge in [-0.1, -0.05) is 0 Å². The molecule has 6 nitrogen and oxygen atoms in total. The van der Waals surface area contributed by atoms with Crippen LogP contribution in [0.25, 0.3) is 11.3 Å². The predicted octanol–water partition coefficient (Wildman–Crippen LogP) is 1.62. The molecule has 0 aliphatic carbocycles. The second-order valence-corrected chi connectivity index (χ2v) is 5.36. The van der Waals surface area contributed by atoms with Gasteiger partial charge in [0.05, 0.1) is 5.69 Å². The molecule has 1 atom stereocenters. The lowest BCUT2D eigenvalue weighted by Gasteiger charge is -2.18. The van der Waals surface area contributed by atoms with Crippen molar-refractivity contribution >= 4 is 5.82 Å². The molecule has 1 aromatic carbocycles. The molecule has 2 aliphatic rings. The van der Waals surface area contributed by atoms with E-state index in [2.05, 4.69) is 20.8 Å². The van der Waals surface area contributed by atoms with E-state index in [-0.39, 0.29) is 0 Å². The third-order valence-electron chi connectivity index (χ3n) is 3.84. The number of aromatic nitrogens is 2. The van der Waals surface area contributed by atoms with Crippen molar-refractivity contribution < 1.29 is 9.47 Å². The Balaban J connectivity index is 1.54. The second kappa shape index (κ2) is 5.29. The SMILES string of the molecule is c1cc2c(cc1-c1cc(NC3CCNC3)n[nH]1)OCCO2. The van der Waals surface area contributed by atoms with Gasteiger partial charge >= 0.3 is 0 Å². The Morgan fingerprint density at radius 2 is 2.05 bits per heavy atom. The molecule has 2 aromatic rings. The van der Waals surface area contributed by atoms with Gasteiger partial charge in [-0.3, -0.25) is 5.10 Å². The maximum absolute atomic E-state index is 5.62. The molecule has 6 heteroatoms. The van der Waals surface area contributed by atoms with Crippen molar-refractivity contribution in [1.82, 2.24) is 15.5 Å². The first-order chi connectivity index (χ1) is 10.4. The first kappa shape index (κ1) is 12.5. The molecule has 21 heavy (non-hydrogen) atoms. The Kier molecular flexibility index (Phi) is 3.16. The molecule has 4 rings (SSSR count). The molecule has 3 N–H and O–H groups in total. The van der Waals surface area contributed by atoms with Gasteiger partial charge in [-0.25, -0.2) is 0 Å².